The van der Waals surface area contributed by atoms with Crippen LogP contribution in [0.4, 0.5) is 28.9 Å². The fraction of sp³-hybridized carbons (Fsp3) is 0.409. The minimum atomic E-state index is -4.67. The largest absolute Gasteiger partial charge is 0.490 e. The molecule has 1 heterocycles. The van der Waals surface area contributed by atoms with Gasteiger partial charge in [-0.15, -0.1) is 0 Å². The Labute approximate surface area is 187 Å². The molecule has 0 unspecified atom stereocenters. The Hall–Kier alpha value is -3.37. The predicted octanol–water partition coefficient (Wildman–Crippen LogP) is 4.55. The number of carbonyl (C=O) groups is 1. The van der Waals surface area contributed by atoms with Gasteiger partial charge in [-0.2, -0.15) is 13.2 Å². The lowest BCUT2D eigenvalue weighted by molar-refractivity contribution is -0.384. The summed E-state index contributed by atoms with van der Waals surface area (Å²) in [5.74, 6) is -0.778. The molecule has 0 atom stereocenters. The Morgan fingerprint density at radius 3 is 2.52 bits per heavy atom. The lowest BCUT2D eigenvalue weighted by Gasteiger charge is -2.32. The summed E-state index contributed by atoms with van der Waals surface area (Å²) < 4.78 is 57.5. The average Bonchev–Trinajstić information content (AvgIpc) is 2.79. The molecule has 3 rings (SSSR count). The molecular weight excluding hydrogens is 446 g/mol. The van der Waals surface area contributed by atoms with Crippen molar-refractivity contribution in [2.24, 2.45) is 5.92 Å². The molecule has 0 aromatic heterocycles. The van der Waals surface area contributed by atoms with Gasteiger partial charge in [0, 0.05) is 31.6 Å². The van der Waals surface area contributed by atoms with Gasteiger partial charge in [0.2, 0.25) is 5.91 Å². The van der Waals surface area contributed by atoms with Crippen molar-refractivity contribution in [1.82, 2.24) is 5.32 Å². The maximum atomic E-state index is 13.5. The van der Waals surface area contributed by atoms with Crippen LogP contribution in [0.3, 0.4) is 0 Å². The zero-order valence-electron chi connectivity index (χ0n) is 17.6. The molecule has 0 spiro atoms. The van der Waals surface area contributed by atoms with Crippen molar-refractivity contribution in [2.45, 2.75) is 25.4 Å². The van der Waals surface area contributed by atoms with Crippen LogP contribution < -0.4 is 15.0 Å². The number of anilines is 1. The molecule has 0 aliphatic carbocycles. The van der Waals surface area contributed by atoms with Crippen LogP contribution in [0.15, 0.2) is 42.5 Å². The second-order valence-electron chi connectivity index (χ2n) is 7.64. The molecule has 178 valence electrons. The van der Waals surface area contributed by atoms with Crippen LogP contribution in [-0.4, -0.2) is 37.1 Å². The van der Waals surface area contributed by atoms with E-state index < -0.39 is 28.2 Å². The normalized spacial score (nSPS) is 14.7. The van der Waals surface area contributed by atoms with Crippen LogP contribution in [0.2, 0.25) is 0 Å². The van der Waals surface area contributed by atoms with Crippen LogP contribution in [0.1, 0.15) is 24.8 Å². The molecule has 0 saturated carbocycles. The van der Waals surface area contributed by atoms with Crippen molar-refractivity contribution < 1.29 is 32.0 Å². The number of benzene rings is 2. The number of nitrogens with zero attached hydrogens (tertiary/aromatic N) is 2. The predicted molar refractivity (Wildman–Crippen MR) is 113 cm³/mol. The summed E-state index contributed by atoms with van der Waals surface area (Å²) in [6.45, 7) is 1.19. The second kappa shape index (κ2) is 10.5. The van der Waals surface area contributed by atoms with Crippen LogP contribution >= 0.6 is 0 Å². The van der Waals surface area contributed by atoms with Crippen LogP contribution in [-0.2, 0) is 11.0 Å². The average molecular weight is 469 g/mol. The number of halogens is 4. The second-order valence-corrected chi connectivity index (χ2v) is 7.64. The van der Waals surface area contributed by atoms with Gasteiger partial charge < -0.3 is 15.0 Å². The summed E-state index contributed by atoms with van der Waals surface area (Å²) in [6, 6.07) is 8.50. The Balaban J connectivity index is 1.47. The number of nitro groups is 1. The third-order valence-corrected chi connectivity index (χ3v) is 5.42. The fourth-order valence-corrected chi connectivity index (χ4v) is 3.67. The zero-order chi connectivity index (χ0) is 24.0. The van der Waals surface area contributed by atoms with E-state index in [0.29, 0.717) is 45.0 Å². The monoisotopic (exact) mass is 469 g/mol. The summed E-state index contributed by atoms with van der Waals surface area (Å²) in [4.78, 5) is 24.5. The van der Waals surface area contributed by atoms with Crippen molar-refractivity contribution >= 4 is 17.3 Å². The highest BCUT2D eigenvalue weighted by molar-refractivity contribution is 5.79. The zero-order valence-corrected chi connectivity index (χ0v) is 17.6. The summed E-state index contributed by atoms with van der Waals surface area (Å²) in [5.41, 5.74) is -1.58. The third-order valence-electron chi connectivity index (χ3n) is 5.42. The number of piperidine rings is 1. The quantitative estimate of drug-likeness (QED) is 0.265. The molecule has 1 fully saturated rings. The summed E-state index contributed by atoms with van der Waals surface area (Å²) >= 11 is 0. The van der Waals surface area contributed by atoms with Gasteiger partial charge in [0.15, 0.2) is 11.6 Å². The lowest BCUT2D eigenvalue weighted by Crippen LogP contribution is -2.41. The Morgan fingerprint density at radius 1 is 1.18 bits per heavy atom. The standard InChI is InChI=1S/C22H23F4N3O4/c23-17-4-1-2-5-20(17)33-13-3-10-27-21(30)15-8-11-28(12-9-15)18-7-6-16(22(24,25)26)14-19(18)29(31)32/h1-2,4-7,14-15H,3,8-13H2,(H,27,30). The van der Waals surface area contributed by atoms with Crippen LogP contribution in [0.25, 0.3) is 0 Å². The first kappa shape index (κ1) is 24.3. The summed E-state index contributed by atoms with van der Waals surface area (Å²) in [5, 5.41) is 14.1. The number of nitro benzene ring substituents is 1. The van der Waals surface area contributed by atoms with Crippen LogP contribution in [0.5, 0.6) is 5.75 Å². The molecule has 1 aliphatic heterocycles. The van der Waals surface area contributed by atoms with E-state index in [9.17, 15) is 32.5 Å². The first-order valence-corrected chi connectivity index (χ1v) is 10.4. The van der Waals surface area contributed by atoms with Gasteiger partial charge in [-0.3, -0.25) is 14.9 Å². The van der Waals surface area contributed by atoms with Gasteiger partial charge in [-0.1, -0.05) is 12.1 Å². The minimum absolute atomic E-state index is 0.108. The fourth-order valence-electron chi connectivity index (χ4n) is 3.67. The number of nitrogens with one attached hydrogen (secondary N) is 1. The molecule has 11 heteroatoms. The van der Waals surface area contributed by atoms with E-state index in [4.69, 9.17) is 4.74 Å². The van der Waals surface area contributed by atoms with E-state index in [1.165, 1.54) is 12.1 Å². The first-order valence-electron chi connectivity index (χ1n) is 10.4. The van der Waals surface area contributed by atoms with Gasteiger partial charge in [-0.05, 0) is 43.5 Å². The van der Waals surface area contributed by atoms with Gasteiger partial charge in [0.25, 0.3) is 5.69 Å². The van der Waals surface area contributed by atoms with Gasteiger partial charge in [0.1, 0.15) is 5.69 Å². The van der Waals surface area contributed by atoms with E-state index in [1.807, 2.05) is 0 Å². The number of ether oxygens (including phenoxy) is 1. The molecule has 1 amide bonds. The smallest absolute Gasteiger partial charge is 0.416 e. The maximum Gasteiger partial charge on any atom is 0.416 e. The van der Waals surface area contributed by atoms with E-state index in [2.05, 4.69) is 5.32 Å². The number of para-hydroxylation sites is 1. The summed E-state index contributed by atoms with van der Waals surface area (Å²) in [7, 11) is 0. The molecule has 2 aromatic carbocycles. The number of amides is 1. The maximum absolute atomic E-state index is 13.5. The first-order chi connectivity index (χ1) is 15.7. The molecule has 1 aliphatic rings. The summed E-state index contributed by atoms with van der Waals surface area (Å²) in [6.07, 6.45) is -3.36. The third kappa shape index (κ3) is 6.33. The van der Waals surface area contributed by atoms with Gasteiger partial charge in [-0.25, -0.2) is 4.39 Å². The van der Waals surface area contributed by atoms with Crippen molar-refractivity contribution in [3.63, 3.8) is 0 Å². The molecule has 7 nitrogen and oxygen atoms in total. The Kier molecular flexibility index (Phi) is 7.72. The number of hydrogen-bond acceptors (Lipinski definition) is 5. The number of alkyl halides is 3. The van der Waals surface area contributed by atoms with Crippen molar-refractivity contribution in [3.8, 4) is 5.75 Å². The highest BCUT2D eigenvalue weighted by Crippen LogP contribution is 2.37. The van der Waals surface area contributed by atoms with Crippen molar-refractivity contribution in [3.05, 3.63) is 64.0 Å². The molecule has 1 saturated heterocycles. The Bertz CT molecular complexity index is 992. The SMILES string of the molecule is O=C(NCCCOc1ccccc1F)C1CCN(c2ccc(C(F)(F)F)cc2[N+](=O)[O-])CC1. The van der Waals surface area contributed by atoms with Crippen molar-refractivity contribution in [1.29, 1.82) is 0 Å². The molecule has 1 N–H and O–H groups in total. The lowest BCUT2D eigenvalue weighted by atomic mass is 9.95. The highest BCUT2D eigenvalue weighted by atomic mass is 19.4. The highest BCUT2D eigenvalue weighted by Gasteiger charge is 2.34. The number of rotatable bonds is 8. The van der Waals surface area contributed by atoms with E-state index in [0.717, 1.165) is 12.1 Å². The van der Waals surface area contributed by atoms with Crippen LogP contribution in [0, 0.1) is 21.8 Å². The Morgan fingerprint density at radius 2 is 1.88 bits per heavy atom. The van der Waals surface area contributed by atoms with Gasteiger partial charge in [0.05, 0.1) is 17.1 Å². The van der Waals surface area contributed by atoms with E-state index in [-0.39, 0.29) is 29.9 Å². The molecular formula is C22H23F4N3O4. The number of carbonyl (C=O) groups excluding carboxylic acids is 1. The molecule has 0 bridgehead atoms. The molecule has 0 radical (unpaired) electrons. The van der Waals surface area contributed by atoms with E-state index in [1.54, 1.807) is 17.0 Å². The van der Waals surface area contributed by atoms with Gasteiger partial charge >= 0.3 is 6.18 Å². The topological polar surface area (TPSA) is 84.7 Å². The molecule has 2 aromatic rings. The minimum Gasteiger partial charge on any atom is -0.490 e. The van der Waals surface area contributed by atoms with Crippen molar-refractivity contribution in [2.75, 3.05) is 31.1 Å². The number of hydrogen-bond donors (Lipinski definition) is 1. The molecule has 33 heavy (non-hydrogen) atoms. The van der Waals surface area contributed by atoms with E-state index >= 15 is 0 Å².